The van der Waals surface area contributed by atoms with Crippen LogP contribution in [0.5, 0.6) is 0 Å². The van der Waals surface area contributed by atoms with Crippen molar-refractivity contribution in [3.8, 4) is 0 Å². The number of amides is 2. The number of alkyl halides is 1. The van der Waals surface area contributed by atoms with E-state index in [1.807, 2.05) is 4.90 Å². The average Bonchev–Trinajstić information content (AvgIpc) is 3.62. The molecule has 2 aromatic carbocycles. The molecule has 3 aliphatic heterocycles. The first-order valence-corrected chi connectivity index (χ1v) is 20.7. The van der Waals surface area contributed by atoms with Crippen LogP contribution in [0.4, 0.5) is 25.1 Å². The number of carbonyl (C=O) groups excluding carboxylic acids is 2. The number of ether oxygens (including phenoxy) is 1. The number of hydrogen-bond acceptors (Lipinski definition) is 9. The number of aromatic nitrogens is 1. The van der Waals surface area contributed by atoms with Crippen molar-refractivity contribution in [2.75, 3.05) is 69.7 Å². The topological polar surface area (TPSA) is 124 Å². The third kappa shape index (κ3) is 8.13. The highest BCUT2D eigenvalue weighted by Gasteiger charge is 2.54. The number of piperidine rings is 1. The summed E-state index contributed by atoms with van der Waals surface area (Å²) < 4.78 is 62.9. The van der Waals surface area contributed by atoms with E-state index in [-0.39, 0.29) is 52.5 Å². The number of benzene rings is 2. The smallest absolute Gasteiger partial charge is 0.407 e. The van der Waals surface area contributed by atoms with Gasteiger partial charge in [-0.15, -0.1) is 0 Å². The molecule has 0 radical (unpaired) electrons. The summed E-state index contributed by atoms with van der Waals surface area (Å²) in [5.74, 6) is -0.353. The molecule has 0 spiro atoms. The quantitative estimate of drug-likeness (QED) is 0.214. The Morgan fingerprint density at radius 2 is 1.71 bits per heavy atom. The van der Waals surface area contributed by atoms with Crippen LogP contribution in [0.25, 0.3) is 0 Å². The fourth-order valence-electron chi connectivity index (χ4n) is 9.43. The number of alkyl carbamates (subject to hydrolysis) is 1. The molecular formula is C41H50F2N6O5S. The highest BCUT2D eigenvalue weighted by atomic mass is 32.2. The molecule has 294 valence electrons. The molecule has 4 aliphatic rings. The Kier molecular flexibility index (Phi) is 11.3. The summed E-state index contributed by atoms with van der Waals surface area (Å²) >= 11 is 0. The van der Waals surface area contributed by atoms with E-state index in [1.54, 1.807) is 24.3 Å². The summed E-state index contributed by atoms with van der Waals surface area (Å²) in [6.45, 7) is 8.30. The number of nitrogens with zero attached hydrogens (tertiary/aromatic N) is 4. The Balaban J connectivity index is 1.01. The third-order valence-electron chi connectivity index (χ3n) is 12.2. The van der Waals surface area contributed by atoms with Gasteiger partial charge in [-0.25, -0.2) is 27.0 Å². The molecular weight excluding hydrogens is 727 g/mol. The summed E-state index contributed by atoms with van der Waals surface area (Å²) in [4.78, 5) is 34.9. The minimum atomic E-state index is -3.97. The lowest BCUT2D eigenvalue weighted by molar-refractivity contribution is -0.111. The molecule has 55 heavy (non-hydrogen) atoms. The van der Waals surface area contributed by atoms with E-state index < -0.39 is 32.9 Å². The van der Waals surface area contributed by atoms with Gasteiger partial charge in [0.05, 0.1) is 25.1 Å². The van der Waals surface area contributed by atoms with Crippen molar-refractivity contribution in [2.45, 2.75) is 65.6 Å². The molecule has 1 aromatic heterocycles. The molecule has 1 unspecified atom stereocenters. The molecule has 11 nitrogen and oxygen atoms in total. The van der Waals surface area contributed by atoms with Gasteiger partial charge in [0.2, 0.25) is 15.7 Å². The molecule has 1 saturated carbocycles. The Labute approximate surface area is 322 Å². The van der Waals surface area contributed by atoms with Gasteiger partial charge in [-0.3, -0.25) is 9.69 Å². The number of pyridine rings is 1. The predicted molar refractivity (Wildman–Crippen MR) is 206 cm³/mol. The van der Waals surface area contributed by atoms with Gasteiger partial charge in [-0.05, 0) is 130 Å². The largest absolute Gasteiger partial charge is 0.453 e. The van der Waals surface area contributed by atoms with E-state index in [4.69, 9.17) is 4.74 Å². The molecule has 1 aliphatic carbocycles. The Hall–Kier alpha value is -4.40. The molecule has 3 atom stereocenters. The van der Waals surface area contributed by atoms with Crippen LogP contribution in [0.3, 0.4) is 0 Å². The summed E-state index contributed by atoms with van der Waals surface area (Å²) in [7, 11) is -2.58. The standard InChI is InChI=1S/C41H50F2N6O5S/c1-3-37(50)45-36-12-6-13-38(46-36)55(52,53)33-16-14-32(15-17-33)49-26-40(43,27-49)25-48-22-18-29(19-23-48)41(28-47-20-7-21-47,30-8-4-9-31(42)24-30)34-10-5-11-35(34)44-39(51)54-2/h3-4,6,8-9,12-17,24,29,34-35H,1,5,7,10-11,18-23,25-28H2,2H3,(H,44,51)(H,45,46,50)/t34-,35-,41?/m0/s1. The van der Waals surface area contributed by atoms with Crippen LogP contribution < -0.4 is 15.5 Å². The fourth-order valence-corrected chi connectivity index (χ4v) is 10.6. The van der Waals surface area contributed by atoms with Crippen LogP contribution in [-0.4, -0.2) is 106 Å². The maximum absolute atomic E-state index is 16.3. The minimum absolute atomic E-state index is 0.0410. The minimum Gasteiger partial charge on any atom is -0.453 e. The molecule has 7 rings (SSSR count). The lowest BCUT2D eigenvalue weighted by Crippen LogP contribution is -2.65. The van der Waals surface area contributed by atoms with E-state index in [0.717, 1.165) is 75.5 Å². The van der Waals surface area contributed by atoms with Gasteiger partial charge in [0, 0.05) is 30.2 Å². The monoisotopic (exact) mass is 776 g/mol. The number of halogens is 2. The summed E-state index contributed by atoms with van der Waals surface area (Å²) in [5, 5.41) is 5.40. The highest BCUT2D eigenvalue weighted by molar-refractivity contribution is 7.91. The predicted octanol–water partition coefficient (Wildman–Crippen LogP) is 5.59. The van der Waals surface area contributed by atoms with Gasteiger partial charge in [-0.2, -0.15) is 0 Å². The van der Waals surface area contributed by atoms with Gasteiger partial charge < -0.3 is 25.2 Å². The number of nitrogens with one attached hydrogen (secondary N) is 2. The number of hydrogen-bond donors (Lipinski definition) is 2. The molecule has 0 bridgehead atoms. The number of methoxy groups -OCH3 is 1. The SMILES string of the molecule is C=CC(=O)Nc1cccc(S(=O)(=O)c2ccc(N3CC(F)(CN4CCC(C(CN5CCC5)(c5cccc(F)c5)[C@H]5CCC[C@@H]5NC(=O)OC)CC4)C3)cc2)n1. The van der Waals surface area contributed by atoms with Crippen LogP contribution in [0.1, 0.15) is 44.1 Å². The first kappa shape index (κ1) is 38.9. The van der Waals surface area contributed by atoms with Gasteiger partial charge in [0.1, 0.15) is 11.6 Å². The highest BCUT2D eigenvalue weighted by Crippen LogP contribution is 2.51. The second-order valence-electron chi connectivity index (χ2n) is 15.6. The third-order valence-corrected chi connectivity index (χ3v) is 13.9. The van der Waals surface area contributed by atoms with Crippen LogP contribution in [-0.2, 0) is 24.8 Å². The average molecular weight is 777 g/mol. The maximum Gasteiger partial charge on any atom is 0.407 e. The Morgan fingerprint density at radius 1 is 0.982 bits per heavy atom. The van der Waals surface area contributed by atoms with Gasteiger partial charge in [-0.1, -0.05) is 31.2 Å². The summed E-state index contributed by atoms with van der Waals surface area (Å²) in [5.41, 5.74) is -0.102. The molecule has 4 heterocycles. The van der Waals surface area contributed by atoms with Gasteiger partial charge in [0.15, 0.2) is 10.7 Å². The number of anilines is 2. The first-order valence-electron chi connectivity index (χ1n) is 19.2. The fraction of sp³-hybridized carbons (Fsp3) is 0.488. The zero-order valence-corrected chi connectivity index (χ0v) is 32.1. The normalized spacial score (nSPS) is 22.9. The van der Waals surface area contributed by atoms with Crippen molar-refractivity contribution in [3.63, 3.8) is 0 Å². The molecule has 2 N–H and O–H groups in total. The van der Waals surface area contributed by atoms with Crippen molar-refractivity contribution >= 4 is 33.3 Å². The first-order chi connectivity index (χ1) is 26.4. The molecule has 4 fully saturated rings. The van der Waals surface area contributed by atoms with Crippen LogP contribution in [0, 0.1) is 17.7 Å². The second-order valence-corrected chi connectivity index (χ2v) is 17.5. The Morgan fingerprint density at radius 3 is 2.36 bits per heavy atom. The summed E-state index contributed by atoms with van der Waals surface area (Å²) in [6, 6.07) is 17.7. The van der Waals surface area contributed by atoms with E-state index in [9.17, 15) is 22.4 Å². The van der Waals surface area contributed by atoms with Crippen molar-refractivity contribution in [1.29, 1.82) is 0 Å². The van der Waals surface area contributed by atoms with E-state index >= 15 is 4.39 Å². The molecule has 2 amide bonds. The molecule has 3 saturated heterocycles. The maximum atomic E-state index is 16.3. The van der Waals surface area contributed by atoms with Crippen LogP contribution in [0.15, 0.2) is 89.3 Å². The van der Waals surface area contributed by atoms with E-state index in [0.29, 0.717) is 19.6 Å². The van der Waals surface area contributed by atoms with Crippen LogP contribution in [0.2, 0.25) is 0 Å². The van der Waals surface area contributed by atoms with E-state index in [2.05, 4.69) is 38.1 Å². The van der Waals surface area contributed by atoms with Gasteiger partial charge in [0.25, 0.3) is 0 Å². The zero-order chi connectivity index (χ0) is 38.8. The molecule has 3 aromatic rings. The lowest BCUT2D eigenvalue weighted by atomic mass is 9.57. The van der Waals surface area contributed by atoms with Crippen molar-refractivity contribution in [1.82, 2.24) is 20.1 Å². The van der Waals surface area contributed by atoms with Crippen molar-refractivity contribution < 1.29 is 31.5 Å². The number of likely N-dealkylation sites (tertiary alicyclic amines) is 2. The number of rotatable bonds is 13. The van der Waals surface area contributed by atoms with Gasteiger partial charge >= 0.3 is 6.09 Å². The van der Waals surface area contributed by atoms with Crippen molar-refractivity contribution in [3.05, 3.63) is 90.8 Å². The number of sulfone groups is 1. The van der Waals surface area contributed by atoms with E-state index in [1.165, 1.54) is 43.5 Å². The Bertz CT molecular complexity index is 1980. The zero-order valence-electron chi connectivity index (χ0n) is 31.3. The second kappa shape index (κ2) is 16.0. The van der Waals surface area contributed by atoms with Crippen LogP contribution >= 0.6 is 0 Å². The molecule has 14 heteroatoms. The number of carbonyl (C=O) groups is 2. The van der Waals surface area contributed by atoms with Crippen molar-refractivity contribution in [2.24, 2.45) is 11.8 Å². The summed E-state index contributed by atoms with van der Waals surface area (Å²) in [6.07, 6.45) is 6.17. The lowest BCUT2D eigenvalue weighted by Gasteiger charge is -2.54.